The molecule has 0 fully saturated rings. The lowest BCUT2D eigenvalue weighted by Gasteiger charge is -2.36. The van der Waals surface area contributed by atoms with Gasteiger partial charge in [-0.3, -0.25) is 4.79 Å². The zero-order valence-electron chi connectivity index (χ0n) is 10.7. The van der Waals surface area contributed by atoms with E-state index in [-0.39, 0.29) is 17.2 Å². The highest BCUT2D eigenvalue weighted by molar-refractivity contribution is 6.27. The van der Waals surface area contributed by atoms with E-state index in [1.165, 1.54) is 6.42 Å². The highest BCUT2D eigenvalue weighted by atomic mass is 35.5. The molecule has 2 nitrogen and oxygen atoms in total. The summed E-state index contributed by atoms with van der Waals surface area (Å²) in [5.74, 6) is 0.715. The number of carbonyl (C=O) groups is 1. The van der Waals surface area contributed by atoms with Crippen molar-refractivity contribution in [3.05, 3.63) is 11.8 Å². The van der Waals surface area contributed by atoms with Gasteiger partial charge in [-0.05, 0) is 31.1 Å². The van der Waals surface area contributed by atoms with Crippen LogP contribution in [-0.2, 0) is 4.79 Å². The van der Waals surface area contributed by atoms with Crippen molar-refractivity contribution >= 4 is 17.5 Å². The van der Waals surface area contributed by atoms with Crippen molar-refractivity contribution in [1.29, 1.82) is 0 Å². The Morgan fingerprint density at radius 3 is 2.69 bits per heavy atom. The average molecular weight is 244 g/mol. The van der Waals surface area contributed by atoms with Crippen LogP contribution in [0.4, 0.5) is 0 Å². The van der Waals surface area contributed by atoms with Crippen LogP contribution in [0.25, 0.3) is 0 Å². The quantitative estimate of drug-likeness (QED) is 0.696. The Balaban J connectivity index is 2.92. The molecule has 1 unspecified atom stereocenters. The predicted molar refractivity (Wildman–Crippen MR) is 68.4 cm³/mol. The minimum atomic E-state index is 0.0142. The van der Waals surface area contributed by atoms with Crippen LogP contribution in [0.5, 0.6) is 0 Å². The number of hydrogen-bond donors (Lipinski definition) is 0. The van der Waals surface area contributed by atoms with Gasteiger partial charge in [0, 0.05) is 12.2 Å². The van der Waals surface area contributed by atoms with Gasteiger partial charge in [0.2, 0.25) is 5.91 Å². The second kappa shape index (κ2) is 5.22. The summed E-state index contributed by atoms with van der Waals surface area (Å²) in [4.78, 5) is 13.5. The Morgan fingerprint density at radius 1 is 1.62 bits per heavy atom. The zero-order chi connectivity index (χ0) is 12.3. The summed E-state index contributed by atoms with van der Waals surface area (Å²) >= 11 is 5.63. The molecule has 1 atom stereocenters. The number of alkyl halides is 1. The summed E-state index contributed by atoms with van der Waals surface area (Å²) in [6.07, 6.45) is 4.41. The Morgan fingerprint density at radius 2 is 2.25 bits per heavy atom. The van der Waals surface area contributed by atoms with Crippen molar-refractivity contribution in [2.45, 2.75) is 40.5 Å². The van der Waals surface area contributed by atoms with Gasteiger partial charge in [-0.15, -0.1) is 11.6 Å². The molecule has 0 N–H and O–H groups in total. The van der Waals surface area contributed by atoms with Crippen LogP contribution in [0, 0.1) is 11.3 Å². The SMILES string of the molecule is CCN(C(=O)CCl)C1=CC(C)(C)CC(C)C1. The van der Waals surface area contributed by atoms with E-state index in [0.29, 0.717) is 12.5 Å². The third-order valence-corrected chi connectivity index (χ3v) is 3.30. The lowest BCUT2D eigenvalue weighted by molar-refractivity contribution is -0.126. The van der Waals surface area contributed by atoms with Crippen molar-refractivity contribution in [3.8, 4) is 0 Å². The van der Waals surface area contributed by atoms with Gasteiger partial charge in [0.25, 0.3) is 0 Å². The van der Waals surface area contributed by atoms with Gasteiger partial charge in [0.05, 0.1) is 0 Å². The fraction of sp³-hybridized carbons (Fsp3) is 0.769. The van der Waals surface area contributed by atoms with Crippen molar-refractivity contribution in [3.63, 3.8) is 0 Å². The summed E-state index contributed by atoms with van der Waals surface area (Å²) in [6, 6.07) is 0. The highest BCUT2D eigenvalue weighted by Crippen LogP contribution is 2.37. The number of rotatable bonds is 3. The first-order valence-electron chi connectivity index (χ1n) is 5.97. The number of carbonyl (C=O) groups excluding carboxylic acids is 1. The van der Waals surface area contributed by atoms with Crippen LogP contribution in [0.1, 0.15) is 40.5 Å². The van der Waals surface area contributed by atoms with E-state index in [1.807, 2.05) is 11.8 Å². The fourth-order valence-electron chi connectivity index (χ4n) is 2.70. The molecule has 16 heavy (non-hydrogen) atoms. The molecule has 3 heteroatoms. The lowest BCUT2D eigenvalue weighted by atomic mass is 9.76. The number of halogens is 1. The normalized spacial score (nSPS) is 23.8. The third kappa shape index (κ3) is 3.24. The van der Waals surface area contributed by atoms with Crippen LogP contribution in [-0.4, -0.2) is 23.2 Å². The molecule has 92 valence electrons. The van der Waals surface area contributed by atoms with E-state index in [0.717, 1.165) is 12.1 Å². The molecule has 1 amide bonds. The predicted octanol–water partition coefficient (Wildman–Crippen LogP) is 3.41. The van der Waals surface area contributed by atoms with Gasteiger partial charge < -0.3 is 4.90 Å². The van der Waals surface area contributed by atoms with Crippen LogP contribution < -0.4 is 0 Å². The summed E-state index contributed by atoms with van der Waals surface area (Å²) in [5, 5.41) is 0. The first-order chi connectivity index (χ1) is 7.39. The number of amides is 1. The van der Waals surface area contributed by atoms with Gasteiger partial charge in [-0.25, -0.2) is 0 Å². The smallest absolute Gasteiger partial charge is 0.241 e. The molecule has 0 radical (unpaired) electrons. The van der Waals surface area contributed by atoms with E-state index in [9.17, 15) is 4.79 Å². The second-order valence-electron chi connectivity index (χ2n) is 5.41. The van der Waals surface area contributed by atoms with Gasteiger partial charge in [-0.1, -0.05) is 26.8 Å². The summed E-state index contributed by atoms with van der Waals surface area (Å²) in [7, 11) is 0. The van der Waals surface area contributed by atoms with Gasteiger partial charge in [-0.2, -0.15) is 0 Å². The minimum absolute atomic E-state index is 0.0142. The van der Waals surface area contributed by atoms with Crippen LogP contribution in [0.15, 0.2) is 11.8 Å². The molecule has 1 aliphatic carbocycles. The van der Waals surface area contributed by atoms with E-state index < -0.39 is 0 Å². The maximum absolute atomic E-state index is 11.7. The maximum atomic E-state index is 11.7. The molecule has 0 aromatic heterocycles. The van der Waals surface area contributed by atoms with Gasteiger partial charge >= 0.3 is 0 Å². The van der Waals surface area contributed by atoms with Crippen molar-refractivity contribution < 1.29 is 4.79 Å². The average Bonchev–Trinajstić information content (AvgIpc) is 2.15. The van der Waals surface area contributed by atoms with Crippen molar-refractivity contribution in [2.24, 2.45) is 11.3 Å². The molecular formula is C13H22ClNO. The highest BCUT2D eigenvalue weighted by Gasteiger charge is 2.28. The number of nitrogens with zero attached hydrogens (tertiary/aromatic N) is 1. The number of hydrogen-bond acceptors (Lipinski definition) is 1. The second-order valence-corrected chi connectivity index (χ2v) is 5.68. The van der Waals surface area contributed by atoms with Crippen molar-refractivity contribution in [2.75, 3.05) is 12.4 Å². The summed E-state index contributed by atoms with van der Waals surface area (Å²) in [5.41, 5.74) is 1.34. The summed E-state index contributed by atoms with van der Waals surface area (Å²) in [6.45, 7) is 9.40. The van der Waals surface area contributed by atoms with E-state index in [1.54, 1.807) is 0 Å². The van der Waals surface area contributed by atoms with Gasteiger partial charge in [0.1, 0.15) is 5.88 Å². The minimum Gasteiger partial charge on any atom is -0.316 e. The molecule has 0 saturated heterocycles. The molecule has 0 saturated carbocycles. The topological polar surface area (TPSA) is 20.3 Å². The van der Waals surface area contributed by atoms with E-state index in [4.69, 9.17) is 11.6 Å². The van der Waals surface area contributed by atoms with Crippen molar-refractivity contribution in [1.82, 2.24) is 4.90 Å². The van der Waals surface area contributed by atoms with E-state index >= 15 is 0 Å². The van der Waals surface area contributed by atoms with Crippen LogP contribution >= 0.6 is 11.6 Å². The molecule has 0 aromatic rings. The molecule has 0 aliphatic heterocycles. The summed E-state index contributed by atoms with van der Waals surface area (Å²) < 4.78 is 0. The molecule has 1 aliphatic rings. The number of allylic oxidation sites excluding steroid dienone is 2. The largest absolute Gasteiger partial charge is 0.316 e. The molecule has 0 spiro atoms. The third-order valence-electron chi connectivity index (χ3n) is 3.07. The first-order valence-corrected chi connectivity index (χ1v) is 6.51. The molecule has 1 rings (SSSR count). The lowest BCUT2D eigenvalue weighted by Crippen LogP contribution is -2.35. The fourth-order valence-corrected chi connectivity index (χ4v) is 2.84. The van der Waals surface area contributed by atoms with Crippen LogP contribution in [0.2, 0.25) is 0 Å². The maximum Gasteiger partial charge on any atom is 0.241 e. The Labute approximate surface area is 104 Å². The molecule has 0 bridgehead atoms. The van der Waals surface area contributed by atoms with E-state index in [2.05, 4.69) is 26.8 Å². The zero-order valence-corrected chi connectivity index (χ0v) is 11.5. The monoisotopic (exact) mass is 243 g/mol. The van der Waals surface area contributed by atoms with Crippen LogP contribution in [0.3, 0.4) is 0 Å². The molecule has 0 heterocycles. The molecular weight excluding hydrogens is 222 g/mol. The Bertz CT molecular complexity index is 296. The Kier molecular flexibility index (Phi) is 4.43. The standard InChI is InChI=1S/C13H22ClNO/c1-5-15(12(16)9-14)11-6-10(2)7-13(3,4)8-11/h8,10H,5-7,9H2,1-4H3. The first kappa shape index (κ1) is 13.6. The Hall–Kier alpha value is -0.500. The van der Waals surface area contributed by atoms with Gasteiger partial charge in [0.15, 0.2) is 0 Å². The molecule has 0 aromatic carbocycles.